The predicted octanol–water partition coefficient (Wildman–Crippen LogP) is 3.28. The summed E-state index contributed by atoms with van der Waals surface area (Å²) in [5.41, 5.74) is 2.03. The van der Waals surface area contributed by atoms with Gasteiger partial charge in [-0.3, -0.25) is 4.79 Å². The second kappa shape index (κ2) is 8.53. The van der Waals surface area contributed by atoms with E-state index in [0.717, 1.165) is 0 Å². The highest BCUT2D eigenvalue weighted by atomic mass is 32.2. The van der Waals surface area contributed by atoms with Gasteiger partial charge in [-0.25, -0.2) is 12.7 Å². The number of benzene rings is 1. The van der Waals surface area contributed by atoms with Gasteiger partial charge in [-0.1, -0.05) is 31.4 Å². The molecule has 1 N–H and O–H groups in total. The molecule has 6 heteroatoms. The summed E-state index contributed by atoms with van der Waals surface area (Å²) in [6, 6.07) is 8.10. The summed E-state index contributed by atoms with van der Waals surface area (Å²) in [7, 11) is -3.12. The second-order valence-corrected chi connectivity index (χ2v) is 9.76. The number of hydrogen-bond donors (Lipinski definition) is 1. The molecule has 1 saturated carbocycles. The molecule has 144 valence electrons. The van der Waals surface area contributed by atoms with E-state index >= 15 is 0 Å². The number of piperidine rings is 1. The lowest BCUT2D eigenvalue weighted by Gasteiger charge is -2.31. The van der Waals surface area contributed by atoms with Crippen LogP contribution in [0.25, 0.3) is 0 Å². The number of hydrogen-bond acceptors (Lipinski definition) is 3. The molecule has 1 amide bonds. The van der Waals surface area contributed by atoms with E-state index in [1.807, 2.05) is 12.1 Å². The molecule has 0 aromatic heterocycles. The van der Waals surface area contributed by atoms with Gasteiger partial charge in [-0.2, -0.15) is 0 Å². The van der Waals surface area contributed by atoms with Crippen molar-refractivity contribution >= 4 is 15.9 Å². The van der Waals surface area contributed by atoms with Crippen molar-refractivity contribution in [3.63, 3.8) is 0 Å². The average molecular weight is 379 g/mol. The zero-order chi connectivity index (χ0) is 18.6. The number of rotatable bonds is 5. The van der Waals surface area contributed by atoms with Gasteiger partial charge >= 0.3 is 0 Å². The van der Waals surface area contributed by atoms with E-state index in [1.165, 1.54) is 42.0 Å². The van der Waals surface area contributed by atoms with Gasteiger partial charge in [0.05, 0.1) is 5.75 Å². The van der Waals surface area contributed by atoms with Crippen molar-refractivity contribution in [1.29, 1.82) is 0 Å². The monoisotopic (exact) mass is 378 g/mol. The van der Waals surface area contributed by atoms with Gasteiger partial charge in [0.1, 0.15) is 0 Å². The number of sulfonamides is 1. The molecular formula is C20H30N2O3S. The largest absolute Gasteiger partial charge is 0.349 e. The van der Waals surface area contributed by atoms with Gasteiger partial charge < -0.3 is 5.32 Å². The molecule has 1 aliphatic carbocycles. The molecule has 0 atom stereocenters. The summed E-state index contributed by atoms with van der Waals surface area (Å²) in [6.45, 7) is 2.64. The number of carbonyl (C=O) groups excluding carboxylic acids is 1. The molecule has 2 fully saturated rings. The third-order valence-corrected chi connectivity index (χ3v) is 7.68. The normalized spacial score (nSPS) is 20.8. The first-order valence-corrected chi connectivity index (χ1v) is 11.5. The van der Waals surface area contributed by atoms with Crippen molar-refractivity contribution in [2.45, 2.75) is 63.8 Å². The van der Waals surface area contributed by atoms with E-state index in [9.17, 15) is 13.2 Å². The van der Waals surface area contributed by atoms with Crippen LogP contribution in [0, 0.1) is 0 Å². The molecular weight excluding hydrogens is 348 g/mol. The molecule has 1 heterocycles. The lowest BCUT2D eigenvalue weighted by atomic mass is 9.84. The van der Waals surface area contributed by atoms with E-state index in [1.54, 1.807) is 6.92 Å². The molecule has 1 aromatic rings. The fourth-order valence-electron chi connectivity index (χ4n) is 4.07. The molecule has 5 nitrogen and oxygen atoms in total. The van der Waals surface area contributed by atoms with Crippen LogP contribution in [0.4, 0.5) is 0 Å². The van der Waals surface area contributed by atoms with Crippen LogP contribution in [0.5, 0.6) is 0 Å². The van der Waals surface area contributed by atoms with E-state index in [-0.39, 0.29) is 17.7 Å². The smallest absolute Gasteiger partial charge is 0.251 e. The molecule has 0 radical (unpaired) electrons. The van der Waals surface area contributed by atoms with Crippen molar-refractivity contribution < 1.29 is 13.2 Å². The van der Waals surface area contributed by atoms with Crippen LogP contribution in [0.1, 0.15) is 73.7 Å². The van der Waals surface area contributed by atoms with Gasteiger partial charge in [0.15, 0.2) is 0 Å². The minimum atomic E-state index is -3.12. The Hall–Kier alpha value is -1.40. The van der Waals surface area contributed by atoms with Crippen LogP contribution in [0.3, 0.4) is 0 Å². The van der Waals surface area contributed by atoms with Crippen molar-refractivity contribution in [3.8, 4) is 0 Å². The summed E-state index contributed by atoms with van der Waals surface area (Å²) in [4.78, 5) is 12.5. The zero-order valence-electron chi connectivity index (χ0n) is 15.6. The van der Waals surface area contributed by atoms with E-state index in [4.69, 9.17) is 0 Å². The minimum Gasteiger partial charge on any atom is -0.349 e. The molecule has 26 heavy (non-hydrogen) atoms. The van der Waals surface area contributed by atoms with E-state index < -0.39 is 10.0 Å². The van der Waals surface area contributed by atoms with Crippen molar-refractivity contribution in [1.82, 2.24) is 9.62 Å². The van der Waals surface area contributed by atoms with Gasteiger partial charge in [0, 0.05) is 24.7 Å². The Labute approximate surface area is 157 Å². The number of amides is 1. The Bertz CT molecular complexity index is 701. The first kappa shape index (κ1) is 19.4. The van der Waals surface area contributed by atoms with Crippen molar-refractivity contribution in [3.05, 3.63) is 35.4 Å². The Kier molecular flexibility index (Phi) is 6.35. The maximum atomic E-state index is 12.5. The second-order valence-electron chi connectivity index (χ2n) is 7.50. The summed E-state index contributed by atoms with van der Waals surface area (Å²) in [5.74, 6) is 0.722. The summed E-state index contributed by atoms with van der Waals surface area (Å²) in [6.07, 6.45) is 7.81. The Morgan fingerprint density at radius 2 is 1.65 bits per heavy atom. The fraction of sp³-hybridized carbons (Fsp3) is 0.650. The van der Waals surface area contributed by atoms with Gasteiger partial charge in [0.25, 0.3) is 5.91 Å². The van der Waals surface area contributed by atoms with Crippen molar-refractivity contribution in [2.24, 2.45) is 0 Å². The summed E-state index contributed by atoms with van der Waals surface area (Å²) in [5, 5.41) is 3.06. The van der Waals surface area contributed by atoms with Crippen LogP contribution in [0.2, 0.25) is 0 Å². The third-order valence-electron chi connectivity index (χ3n) is 5.80. The number of nitrogens with one attached hydrogen (secondary N) is 1. The molecule has 1 aromatic carbocycles. The van der Waals surface area contributed by atoms with Crippen LogP contribution < -0.4 is 5.32 Å². The Balaban J connectivity index is 1.52. The quantitative estimate of drug-likeness (QED) is 0.855. The fourth-order valence-corrected chi connectivity index (χ4v) is 5.20. The van der Waals surface area contributed by atoms with Crippen LogP contribution >= 0.6 is 0 Å². The number of nitrogens with zero attached hydrogens (tertiary/aromatic N) is 1. The molecule has 1 aliphatic heterocycles. The number of carbonyl (C=O) groups is 1. The average Bonchev–Trinajstić information content (AvgIpc) is 2.69. The van der Waals surface area contributed by atoms with Gasteiger partial charge in [-0.15, -0.1) is 0 Å². The molecule has 0 unspecified atom stereocenters. The molecule has 3 rings (SSSR count). The lowest BCUT2D eigenvalue weighted by molar-refractivity contribution is 0.0924. The van der Waals surface area contributed by atoms with Crippen LogP contribution in [-0.4, -0.2) is 43.5 Å². The topological polar surface area (TPSA) is 66.5 Å². The van der Waals surface area contributed by atoms with Crippen LogP contribution in [0.15, 0.2) is 24.3 Å². The minimum absolute atomic E-state index is 0.0452. The Morgan fingerprint density at radius 3 is 2.23 bits per heavy atom. The first-order valence-electron chi connectivity index (χ1n) is 9.88. The van der Waals surface area contributed by atoms with Gasteiger partial charge in [-0.05, 0) is 56.2 Å². The molecule has 0 spiro atoms. The maximum Gasteiger partial charge on any atom is 0.251 e. The van der Waals surface area contributed by atoms with Crippen LogP contribution in [-0.2, 0) is 10.0 Å². The first-order chi connectivity index (χ1) is 12.5. The molecule has 2 aliphatic rings. The molecule has 0 bridgehead atoms. The SMILES string of the molecule is CCS(=O)(=O)N1CCC(NC(=O)c2ccc(C3CCCCC3)cc2)CC1. The zero-order valence-corrected chi connectivity index (χ0v) is 16.4. The highest BCUT2D eigenvalue weighted by Crippen LogP contribution is 2.32. The van der Waals surface area contributed by atoms with E-state index in [2.05, 4.69) is 17.4 Å². The highest BCUT2D eigenvalue weighted by molar-refractivity contribution is 7.89. The molecule has 1 saturated heterocycles. The standard InChI is InChI=1S/C20H30N2O3S/c1-2-26(24,25)22-14-12-19(13-15-22)21-20(23)18-10-8-17(9-11-18)16-6-4-3-5-7-16/h8-11,16,19H,2-7,12-15H2,1H3,(H,21,23). The third kappa shape index (κ3) is 4.65. The van der Waals surface area contributed by atoms with Crippen molar-refractivity contribution in [2.75, 3.05) is 18.8 Å². The van der Waals surface area contributed by atoms with E-state index in [0.29, 0.717) is 37.4 Å². The van der Waals surface area contributed by atoms with Gasteiger partial charge in [0.2, 0.25) is 10.0 Å². The predicted molar refractivity (Wildman–Crippen MR) is 104 cm³/mol. The Morgan fingerprint density at radius 1 is 1.04 bits per heavy atom. The maximum absolute atomic E-state index is 12.5. The highest BCUT2D eigenvalue weighted by Gasteiger charge is 2.27. The lowest BCUT2D eigenvalue weighted by Crippen LogP contribution is -2.46. The summed E-state index contributed by atoms with van der Waals surface area (Å²) < 4.78 is 25.3. The summed E-state index contributed by atoms with van der Waals surface area (Å²) >= 11 is 0.